The second kappa shape index (κ2) is 9.20. The van der Waals surface area contributed by atoms with Gasteiger partial charge in [0.2, 0.25) is 0 Å². The van der Waals surface area contributed by atoms with Crippen LogP contribution in [0.5, 0.6) is 0 Å². The van der Waals surface area contributed by atoms with E-state index in [2.05, 4.69) is 47.6 Å². The van der Waals surface area contributed by atoms with Crippen molar-refractivity contribution in [1.29, 1.82) is 0 Å². The summed E-state index contributed by atoms with van der Waals surface area (Å²) in [5.74, 6) is -0.602. The average Bonchev–Trinajstić information content (AvgIpc) is 3.31. The Morgan fingerprint density at radius 1 is 1.07 bits per heavy atom. The maximum atomic E-state index is 13.1. The molecular formula is C23H26N2O3S. The predicted molar refractivity (Wildman–Crippen MR) is 116 cm³/mol. The number of benzene rings is 1. The number of carbonyl (C=O) groups is 2. The van der Waals surface area contributed by atoms with Crippen molar-refractivity contribution in [3.63, 3.8) is 0 Å². The van der Waals surface area contributed by atoms with Crippen LogP contribution in [-0.4, -0.2) is 29.9 Å². The maximum Gasteiger partial charge on any atom is 0.340 e. The zero-order valence-electron chi connectivity index (χ0n) is 17.2. The number of rotatable bonds is 8. The van der Waals surface area contributed by atoms with E-state index in [-0.39, 0.29) is 25.0 Å². The molecule has 0 fully saturated rings. The standard InChI is InChI=1S/C23H26N2O3S/c1-5-28-23(27)21-16(4)25-15(3)20(21)18(26)13-24-22(19-7-6-12-29-19)17-10-8-14(2)9-11-17/h6-12,22,24-25H,5,13H2,1-4H3/t22-/m0/s1. The highest BCUT2D eigenvalue weighted by atomic mass is 32.1. The Labute approximate surface area is 175 Å². The summed E-state index contributed by atoms with van der Waals surface area (Å²) >= 11 is 1.65. The molecule has 0 saturated heterocycles. The lowest BCUT2D eigenvalue weighted by Gasteiger charge is -2.18. The first-order valence-electron chi connectivity index (χ1n) is 9.65. The van der Waals surface area contributed by atoms with Crippen molar-refractivity contribution in [3.05, 3.63) is 80.3 Å². The first-order chi connectivity index (χ1) is 13.9. The summed E-state index contributed by atoms with van der Waals surface area (Å²) in [6, 6.07) is 12.3. The van der Waals surface area contributed by atoms with Gasteiger partial charge in [-0.15, -0.1) is 11.3 Å². The van der Waals surface area contributed by atoms with E-state index < -0.39 is 5.97 Å². The van der Waals surface area contributed by atoms with E-state index in [1.54, 1.807) is 32.1 Å². The van der Waals surface area contributed by atoms with Gasteiger partial charge in [-0.05, 0) is 44.7 Å². The number of ketones is 1. The number of aromatic nitrogens is 1. The number of nitrogens with one attached hydrogen (secondary N) is 2. The van der Waals surface area contributed by atoms with Crippen LogP contribution in [0.4, 0.5) is 0 Å². The Morgan fingerprint density at radius 3 is 2.38 bits per heavy atom. The van der Waals surface area contributed by atoms with Crippen LogP contribution in [0.2, 0.25) is 0 Å². The third-order valence-electron chi connectivity index (χ3n) is 4.84. The average molecular weight is 411 g/mol. The number of hydrogen-bond donors (Lipinski definition) is 2. The number of Topliss-reactive ketones (excluding diaryl/α,β-unsaturated/α-hetero) is 1. The fraction of sp³-hybridized carbons (Fsp3) is 0.304. The molecule has 0 aliphatic carbocycles. The highest BCUT2D eigenvalue weighted by molar-refractivity contribution is 7.10. The van der Waals surface area contributed by atoms with Crippen molar-refractivity contribution in [1.82, 2.24) is 10.3 Å². The van der Waals surface area contributed by atoms with Crippen LogP contribution in [0.15, 0.2) is 41.8 Å². The van der Waals surface area contributed by atoms with E-state index in [1.165, 1.54) is 5.56 Å². The second-order valence-corrected chi connectivity index (χ2v) is 7.99. The number of aromatic amines is 1. The predicted octanol–water partition coefficient (Wildman–Crippen LogP) is 4.74. The second-order valence-electron chi connectivity index (χ2n) is 7.01. The highest BCUT2D eigenvalue weighted by Crippen LogP contribution is 2.27. The molecule has 2 aromatic heterocycles. The molecule has 5 nitrogen and oxygen atoms in total. The van der Waals surface area contributed by atoms with Gasteiger partial charge >= 0.3 is 5.97 Å². The lowest BCUT2D eigenvalue weighted by Crippen LogP contribution is -2.29. The molecule has 29 heavy (non-hydrogen) atoms. The van der Waals surface area contributed by atoms with Crippen LogP contribution in [0.1, 0.15) is 61.1 Å². The molecule has 3 aromatic rings. The van der Waals surface area contributed by atoms with Gasteiger partial charge in [-0.25, -0.2) is 4.79 Å². The van der Waals surface area contributed by atoms with Crippen molar-refractivity contribution in [2.75, 3.05) is 13.2 Å². The van der Waals surface area contributed by atoms with E-state index in [0.717, 1.165) is 10.4 Å². The van der Waals surface area contributed by atoms with Gasteiger partial charge in [0.15, 0.2) is 5.78 Å². The molecule has 0 aliphatic rings. The first-order valence-corrected chi connectivity index (χ1v) is 10.5. The van der Waals surface area contributed by atoms with E-state index in [0.29, 0.717) is 22.5 Å². The Morgan fingerprint density at radius 2 is 1.76 bits per heavy atom. The lowest BCUT2D eigenvalue weighted by molar-refractivity contribution is 0.0522. The monoisotopic (exact) mass is 410 g/mol. The number of carbonyl (C=O) groups excluding carboxylic acids is 2. The minimum absolute atomic E-state index is 0.0917. The fourth-order valence-electron chi connectivity index (χ4n) is 3.47. The lowest BCUT2D eigenvalue weighted by atomic mass is 10.0. The number of hydrogen-bond acceptors (Lipinski definition) is 5. The van der Waals surface area contributed by atoms with Crippen LogP contribution in [-0.2, 0) is 4.74 Å². The molecule has 1 aromatic carbocycles. The maximum absolute atomic E-state index is 13.1. The summed E-state index contributed by atoms with van der Waals surface area (Å²) in [6.07, 6.45) is 0. The van der Waals surface area contributed by atoms with Gasteiger partial charge < -0.3 is 9.72 Å². The summed E-state index contributed by atoms with van der Waals surface area (Å²) in [5.41, 5.74) is 4.35. The quantitative estimate of drug-likeness (QED) is 0.416. The number of H-pyrrole nitrogens is 1. The van der Waals surface area contributed by atoms with Crippen LogP contribution < -0.4 is 5.32 Å². The Kier molecular flexibility index (Phi) is 6.67. The van der Waals surface area contributed by atoms with Crippen molar-refractivity contribution in [2.45, 2.75) is 33.7 Å². The molecule has 0 saturated carbocycles. The number of esters is 1. The first kappa shape index (κ1) is 21.0. The molecule has 1 atom stereocenters. The van der Waals surface area contributed by atoms with Crippen LogP contribution in [0.3, 0.4) is 0 Å². The van der Waals surface area contributed by atoms with E-state index in [1.807, 2.05) is 11.4 Å². The smallest absolute Gasteiger partial charge is 0.340 e. The van der Waals surface area contributed by atoms with E-state index in [4.69, 9.17) is 4.74 Å². The summed E-state index contributed by atoms with van der Waals surface area (Å²) in [5, 5.41) is 5.41. The molecule has 0 bridgehead atoms. The summed E-state index contributed by atoms with van der Waals surface area (Å²) < 4.78 is 5.15. The molecule has 6 heteroatoms. The molecule has 0 spiro atoms. The third kappa shape index (κ3) is 4.66. The van der Waals surface area contributed by atoms with Gasteiger partial charge in [-0.2, -0.15) is 0 Å². The van der Waals surface area contributed by atoms with Crippen LogP contribution in [0, 0.1) is 20.8 Å². The van der Waals surface area contributed by atoms with Crippen molar-refractivity contribution < 1.29 is 14.3 Å². The fourth-order valence-corrected chi connectivity index (χ4v) is 4.30. The summed E-state index contributed by atoms with van der Waals surface area (Å²) in [6.45, 7) is 7.77. The SMILES string of the molecule is CCOC(=O)c1c(C)[nH]c(C)c1C(=O)CN[C@@H](c1ccc(C)cc1)c1cccs1. The minimum atomic E-state index is -0.467. The van der Waals surface area contributed by atoms with Crippen LogP contribution >= 0.6 is 11.3 Å². The normalized spacial score (nSPS) is 12.0. The van der Waals surface area contributed by atoms with Crippen molar-refractivity contribution in [3.8, 4) is 0 Å². The summed E-state index contributed by atoms with van der Waals surface area (Å²) in [4.78, 5) is 29.7. The molecule has 2 N–H and O–H groups in total. The number of thiophene rings is 1. The Hall–Kier alpha value is -2.70. The molecule has 2 heterocycles. The topological polar surface area (TPSA) is 71.2 Å². The molecular weight excluding hydrogens is 384 g/mol. The van der Waals surface area contributed by atoms with Gasteiger partial charge in [0.25, 0.3) is 0 Å². The van der Waals surface area contributed by atoms with E-state index in [9.17, 15) is 9.59 Å². The van der Waals surface area contributed by atoms with Gasteiger partial charge in [0, 0.05) is 16.3 Å². The van der Waals surface area contributed by atoms with Crippen LogP contribution in [0.25, 0.3) is 0 Å². The zero-order valence-corrected chi connectivity index (χ0v) is 18.0. The minimum Gasteiger partial charge on any atom is -0.462 e. The molecule has 152 valence electrons. The van der Waals surface area contributed by atoms with Gasteiger partial charge in [0.1, 0.15) is 0 Å². The zero-order chi connectivity index (χ0) is 21.0. The number of aryl methyl sites for hydroxylation is 3. The highest BCUT2D eigenvalue weighted by Gasteiger charge is 2.26. The Balaban J connectivity index is 1.85. The van der Waals surface area contributed by atoms with Gasteiger partial charge in [-0.1, -0.05) is 35.9 Å². The largest absolute Gasteiger partial charge is 0.462 e. The number of ether oxygens (including phenoxy) is 1. The molecule has 0 unspecified atom stereocenters. The molecule has 0 aliphatic heterocycles. The molecule has 3 rings (SSSR count). The van der Waals surface area contributed by atoms with E-state index >= 15 is 0 Å². The Bertz CT molecular complexity index is 988. The summed E-state index contributed by atoms with van der Waals surface area (Å²) in [7, 11) is 0. The molecule has 0 amide bonds. The van der Waals surface area contributed by atoms with Crippen molar-refractivity contribution in [2.24, 2.45) is 0 Å². The third-order valence-corrected chi connectivity index (χ3v) is 5.78. The molecule has 0 radical (unpaired) electrons. The van der Waals surface area contributed by atoms with Gasteiger partial charge in [-0.3, -0.25) is 10.1 Å². The van der Waals surface area contributed by atoms with Gasteiger partial charge in [0.05, 0.1) is 30.3 Å². The van der Waals surface area contributed by atoms with Crippen molar-refractivity contribution >= 4 is 23.1 Å².